The van der Waals surface area contributed by atoms with E-state index in [1.807, 2.05) is 6.92 Å². The average molecular weight is 284 g/mol. The Hall–Kier alpha value is -1.22. The van der Waals surface area contributed by atoms with Gasteiger partial charge < -0.3 is 10.4 Å². The SMILES string of the molecule is Cc1ccc(C(=O)NCC(Cl)CC(C)(C)C)c(O)c1. The Morgan fingerprint density at radius 2 is 2.05 bits per heavy atom. The van der Waals surface area contributed by atoms with E-state index < -0.39 is 0 Å². The van der Waals surface area contributed by atoms with E-state index >= 15 is 0 Å². The Balaban J connectivity index is 2.56. The van der Waals surface area contributed by atoms with Gasteiger partial charge in [-0.05, 0) is 36.5 Å². The van der Waals surface area contributed by atoms with Crippen molar-refractivity contribution in [2.45, 2.75) is 39.5 Å². The summed E-state index contributed by atoms with van der Waals surface area (Å²) in [6, 6.07) is 4.98. The largest absolute Gasteiger partial charge is 0.507 e. The first-order valence-electron chi connectivity index (χ1n) is 6.41. The smallest absolute Gasteiger partial charge is 0.255 e. The Bertz CT molecular complexity index is 452. The molecule has 1 unspecified atom stereocenters. The fraction of sp³-hybridized carbons (Fsp3) is 0.533. The Kier molecular flexibility index (Phi) is 5.24. The van der Waals surface area contributed by atoms with Gasteiger partial charge in [0.2, 0.25) is 0 Å². The number of aromatic hydroxyl groups is 1. The summed E-state index contributed by atoms with van der Waals surface area (Å²) < 4.78 is 0. The Morgan fingerprint density at radius 1 is 1.42 bits per heavy atom. The topological polar surface area (TPSA) is 49.3 Å². The molecule has 0 spiro atoms. The highest BCUT2D eigenvalue weighted by Gasteiger charge is 2.18. The van der Waals surface area contributed by atoms with Gasteiger partial charge in [-0.1, -0.05) is 26.8 Å². The van der Waals surface area contributed by atoms with Crippen LogP contribution in [0.3, 0.4) is 0 Å². The second-order valence-corrected chi connectivity index (χ2v) is 6.71. The van der Waals surface area contributed by atoms with Crippen molar-refractivity contribution in [2.24, 2.45) is 5.41 Å². The van der Waals surface area contributed by atoms with Crippen LogP contribution in [0.4, 0.5) is 0 Å². The highest BCUT2D eigenvalue weighted by Crippen LogP contribution is 2.23. The molecule has 0 bridgehead atoms. The summed E-state index contributed by atoms with van der Waals surface area (Å²) in [5.74, 6) is -0.295. The van der Waals surface area contributed by atoms with Gasteiger partial charge in [-0.3, -0.25) is 4.79 Å². The number of aryl methyl sites for hydroxylation is 1. The van der Waals surface area contributed by atoms with Crippen molar-refractivity contribution in [1.82, 2.24) is 5.32 Å². The molecule has 106 valence electrons. The van der Waals surface area contributed by atoms with Gasteiger partial charge in [-0.15, -0.1) is 11.6 Å². The summed E-state index contributed by atoms with van der Waals surface area (Å²) in [6.07, 6.45) is 0.814. The van der Waals surface area contributed by atoms with Gasteiger partial charge >= 0.3 is 0 Å². The minimum absolute atomic E-state index is 0.000515. The molecule has 1 rings (SSSR count). The number of carbonyl (C=O) groups is 1. The normalized spacial score (nSPS) is 13.1. The van der Waals surface area contributed by atoms with Gasteiger partial charge in [0, 0.05) is 6.54 Å². The molecule has 0 aliphatic rings. The van der Waals surface area contributed by atoms with Crippen LogP contribution in [0.25, 0.3) is 0 Å². The summed E-state index contributed by atoms with van der Waals surface area (Å²) >= 11 is 6.18. The van der Waals surface area contributed by atoms with Crippen LogP contribution in [0.2, 0.25) is 0 Å². The monoisotopic (exact) mass is 283 g/mol. The number of phenolic OH excluding ortho intramolecular Hbond substituents is 1. The quantitative estimate of drug-likeness (QED) is 0.831. The fourth-order valence-corrected chi connectivity index (χ4v) is 2.41. The van der Waals surface area contributed by atoms with Crippen LogP contribution in [0, 0.1) is 12.3 Å². The van der Waals surface area contributed by atoms with E-state index in [0.29, 0.717) is 6.54 Å². The van der Waals surface area contributed by atoms with E-state index in [2.05, 4.69) is 26.1 Å². The fourth-order valence-electron chi connectivity index (χ4n) is 1.87. The van der Waals surface area contributed by atoms with Crippen molar-refractivity contribution in [3.63, 3.8) is 0 Å². The molecule has 0 aliphatic carbocycles. The van der Waals surface area contributed by atoms with E-state index in [-0.39, 0.29) is 28.0 Å². The molecule has 0 saturated carbocycles. The van der Waals surface area contributed by atoms with Crippen LogP contribution < -0.4 is 5.32 Å². The molecule has 0 heterocycles. The molecule has 0 fully saturated rings. The van der Waals surface area contributed by atoms with Crippen molar-refractivity contribution in [3.05, 3.63) is 29.3 Å². The molecule has 0 aromatic heterocycles. The lowest BCUT2D eigenvalue weighted by atomic mass is 9.90. The van der Waals surface area contributed by atoms with E-state index in [0.717, 1.165) is 12.0 Å². The highest BCUT2D eigenvalue weighted by atomic mass is 35.5. The third-order valence-electron chi connectivity index (χ3n) is 2.72. The molecular weight excluding hydrogens is 262 g/mol. The zero-order valence-corrected chi connectivity index (χ0v) is 12.7. The molecule has 4 heteroatoms. The molecule has 0 radical (unpaired) electrons. The second kappa shape index (κ2) is 6.29. The molecule has 1 aromatic carbocycles. The van der Waals surface area contributed by atoms with Gasteiger partial charge in [0.15, 0.2) is 0 Å². The Labute approximate surface area is 120 Å². The number of benzene rings is 1. The number of phenols is 1. The van der Waals surface area contributed by atoms with Gasteiger partial charge in [0.05, 0.1) is 10.9 Å². The number of hydrogen-bond acceptors (Lipinski definition) is 2. The maximum absolute atomic E-state index is 11.9. The third-order valence-corrected chi connectivity index (χ3v) is 3.02. The molecule has 1 amide bonds. The van der Waals surface area contributed by atoms with E-state index in [1.165, 1.54) is 0 Å². The van der Waals surface area contributed by atoms with Crippen LogP contribution >= 0.6 is 11.6 Å². The summed E-state index contributed by atoms with van der Waals surface area (Å²) in [5.41, 5.74) is 1.32. The standard InChI is InChI=1S/C15H22ClNO2/c1-10-5-6-12(13(18)7-10)14(19)17-9-11(16)8-15(2,3)4/h5-7,11,18H,8-9H2,1-4H3,(H,17,19). The van der Waals surface area contributed by atoms with E-state index in [1.54, 1.807) is 18.2 Å². The van der Waals surface area contributed by atoms with Crippen molar-refractivity contribution in [2.75, 3.05) is 6.54 Å². The van der Waals surface area contributed by atoms with Gasteiger partial charge in [-0.2, -0.15) is 0 Å². The number of amides is 1. The molecule has 0 saturated heterocycles. The van der Waals surface area contributed by atoms with Crippen LogP contribution in [-0.4, -0.2) is 22.9 Å². The van der Waals surface area contributed by atoms with E-state index in [4.69, 9.17) is 11.6 Å². The predicted molar refractivity (Wildman–Crippen MR) is 78.9 cm³/mol. The molecule has 1 aromatic rings. The number of rotatable bonds is 4. The molecule has 3 nitrogen and oxygen atoms in total. The molecular formula is C15H22ClNO2. The van der Waals surface area contributed by atoms with Gasteiger partial charge in [0.25, 0.3) is 5.91 Å². The lowest BCUT2D eigenvalue weighted by molar-refractivity contribution is 0.0949. The van der Waals surface area contributed by atoms with Crippen LogP contribution in [0.1, 0.15) is 43.1 Å². The predicted octanol–water partition coefficient (Wildman–Crippen LogP) is 3.47. The number of carbonyl (C=O) groups excluding carboxylic acids is 1. The molecule has 2 N–H and O–H groups in total. The molecule has 1 atom stereocenters. The summed E-state index contributed by atoms with van der Waals surface area (Å²) in [6.45, 7) is 8.58. The van der Waals surface area contributed by atoms with Gasteiger partial charge in [0.1, 0.15) is 5.75 Å². The first-order valence-corrected chi connectivity index (χ1v) is 6.84. The first-order chi connectivity index (χ1) is 8.69. The van der Waals surface area contributed by atoms with Gasteiger partial charge in [-0.25, -0.2) is 0 Å². The molecule has 19 heavy (non-hydrogen) atoms. The number of hydrogen-bond donors (Lipinski definition) is 2. The van der Waals surface area contributed by atoms with Crippen molar-refractivity contribution < 1.29 is 9.90 Å². The maximum atomic E-state index is 11.9. The first kappa shape index (κ1) is 15.8. The zero-order valence-electron chi connectivity index (χ0n) is 12.0. The minimum atomic E-state index is -0.294. The number of halogens is 1. The number of alkyl halides is 1. The third kappa shape index (κ3) is 5.52. The van der Waals surface area contributed by atoms with E-state index in [9.17, 15) is 9.90 Å². The number of nitrogens with one attached hydrogen (secondary N) is 1. The summed E-state index contributed by atoms with van der Waals surface area (Å²) in [5, 5.41) is 12.4. The lowest BCUT2D eigenvalue weighted by Crippen LogP contribution is -2.31. The maximum Gasteiger partial charge on any atom is 0.255 e. The van der Waals surface area contributed by atoms with Crippen LogP contribution in [-0.2, 0) is 0 Å². The second-order valence-electron chi connectivity index (χ2n) is 6.09. The van der Waals surface area contributed by atoms with Crippen molar-refractivity contribution >= 4 is 17.5 Å². The van der Waals surface area contributed by atoms with Crippen LogP contribution in [0.5, 0.6) is 5.75 Å². The van der Waals surface area contributed by atoms with Crippen molar-refractivity contribution in [1.29, 1.82) is 0 Å². The van der Waals surface area contributed by atoms with Crippen LogP contribution in [0.15, 0.2) is 18.2 Å². The highest BCUT2D eigenvalue weighted by molar-refractivity contribution is 6.21. The zero-order chi connectivity index (χ0) is 14.6. The molecule has 0 aliphatic heterocycles. The summed E-state index contributed by atoms with van der Waals surface area (Å²) in [7, 11) is 0. The van der Waals surface area contributed by atoms with Crippen molar-refractivity contribution in [3.8, 4) is 5.75 Å². The Morgan fingerprint density at radius 3 is 2.58 bits per heavy atom. The average Bonchev–Trinajstić information content (AvgIpc) is 2.23. The minimum Gasteiger partial charge on any atom is -0.507 e. The summed E-state index contributed by atoms with van der Waals surface area (Å²) in [4.78, 5) is 11.9. The lowest BCUT2D eigenvalue weighted by Gasteiger charge is -2.22.